The molecule has 0 atom stereocenters. The quantitative estimate of drug-likeness (QED) is 0.784. The van der Waals surface area contributed by atoms with Crippen LogP contribution in [-0.2, 0) is 6.54 Å². The van der Waals surface area contributed by atoms with Crippen LogP contribution < -0.4 is 5.32 Å². The molecule has 82 valence electrons. The standard InChI is InChI=1S/C9H8N4O3/c14-8(15)7-2-3-10-9(13-7)11-5-6-1-4-12-16-6/h1-4H,5H2,(H,14,15)(H,10,11,13). The molecule has 0 saturated heterocycles. The third-order valence-corrected chi connectivity index (χ3v) is 1.79. The van der Waals surface area contributed by atoms with Gasteiger partial charge in [-0.05, 0) is 6.07 Å². The maximum Gasteiger partial charge on any atom is 0.354 e. The Bertz CT molecular complexity index is 483. The molecule has 2 N–H and O–H groups in total. The monoisotopic (exact) mass is 220 g/mol. The smallest absolute Gasteiger partial charge is 0.354 e. The van der Waals surface area contributed by atoms with Gasteiger partial charge in [-0.3, -0.25) is 0 Å². The molecule has 0 bridgehead atoms. The lowest BCUT2D eigenvalue weighted by molar-refractivity contribution is 0.0690. The number of carboxylic acids is 1. The highest BCUT2D eigenvalue weighted by Crippen LogP contribution is 2.03. The van der Waals surface area contributed by atoms with Gasteiger partial charge in [-0.1, -0.05) is 5.16 Å². The molecule has 0 aliphatic heterocycles. The number of hydrogen-bond donors (Lipinski definition) is 2. The van der Waals surface area contributed by atoms with Crippen molar-refractivity contribution in [2.24, 2.45) is 0 Å². The summed E-state index contributed by atoms with van der Waals surface area (Å²) in [5.41, 5.74) is -0.0601. The Morgan fingerprint density at radius 3 is 3.00 bits per heavy atom. The van der Waals surface area contributed by atoms with Gasteiger partial charge >= 0.3 is 5.97 Å². The molecule has 2 aromatic heterocycles. The van der Waals surface area contributed by atoms with E-state index in [1.165, 1.54) is 18.5 Å². The Balaban J connectivity index is 2.04. The van der Waals surface area contributed by atoms with E-state index in [0.717, 1.165) is 0 Å². The van der Waals surface area contributed by atoms with Crippen molar-refractivity contribution in [2.45, 2.75) is 6.54 Å². The molecule has 0 aromatic carbocycles. The van der Waals surface area contributed by atoms with Gasteiger partial charge in [0.1, 0.15) is 0 Å². The van der Waals surface area contributed by atoms with E-state index in [1.807, 2.05) is 0 Å². The first kappa shape index (κ1) is 10.1. The lowest BCUT2D eigenvalue weighted by Gasteiger charge is -2.01. The van der Waals surface area contributed by atoms with Gasteiger partial charge in [-0.2, -0.15) is 0 Å². The largest absolute Gasteiger partial charge is 0.477 e. The Morgan fingerprint density at radius 2 is 2.31 bits per heavy atom. The predicted octanol–water partition coefficient (Wildman–Crippen LogP) is 0.775. The second-order valence-electron chi connectivity index (χ2n) is 2.90. The molecular formula is C9H8N4O3. The summed E-state index contributed by atoms with van der Waals surface area (Å²) in [6, 6.07) is 3.01. The number of anilines is 1. The first-order valence-electron chi connectivity index (χ1n) is 4.45. The topological polar surface area (TPSA) is 101 Å². The van der Waals surface area contributed by atoms with E-state index >= 15 is 0 Å². The number of carbonyl (C=O) groups is 1. The third-order valence-electron chi connectivity index (χ3n) is 1.79. The fourth-order valence-electron chi connectivity index (χ4n) is 1.06. The second-order valence-corrected chi connectivity index (χ2v) is 2.90. The zero-order chi connectivity index (χ0) is 11.4. The molecule has 2 aromatic rings. The maximum absolute atomic E-state index is 10.6. The molecule has 0 fully saturated rings. The van der Waals surface area contributed by atoms with Gasteiger partial charge in [0, 0.05) is 12.3 Å². The molecule has 7 nitrogen and oxygen atoms in total. The molecular weight excluding hydrogens is 212 g/mol. The number of nitrogens with zero attached hydrogens (tertiary/aromatic N) is 3. The number of nitrogens with one attached hydrogen (secondary N) is 1. The van der Waals surface area contributed by atoms with Gasteiger partial charge in [0.2, 0.25) is 5.95 Å². The summed E-state index contributed by atoms with van der Waals surface area (Å²) in [6.45, 7) is 0.350. The van der Waals surface area contributed by atoms with Crippen LogP contribution >= 0.6 is 0 Å². The zero-order valence-corrected chi connectivity index (χ0v) is 8.12. The SMILES string of the molecule is O=C(O)c1ccnc(NCc2ccno2)n1. The lowest BCUT2D eigenvalue weighted by Crippen LogP contribution is -2.07. The van der Waals surface area contributed by atoms with E-state index in [4.69, 9.17) is 9.63 Å². The van der Waals surface area contributed by atoms with E-state index in [2.05, 4.69) is 20.4 Å². The average molecular weight is 220 g/mol. The average Bonchev–Trinajstić information content (AvgIpc) is 2.79. The summed E-state index contributed by atoms with van der Waals surface area (Å²) in [5, 5.41) is 15.1. The number of hydrogen-bond acceptors (Lipinski definition) is 6. The molecule has 0 aliphatic carbocycles. The lowest BCUT2D eigenvalue weighted by atomic mass is 10.4. The summed E-state index contributed by atoms with van der Waals surface area (Å²) < 4.78 is 4.85. The highest BCUT2D eigenvalue weighted by molar-refractivity contribution is 5.85. The minimum absolute atomic E-state index is 0.0601. The Labute approximate surface area is 90.1 Å². The summed E-state index contributed by atoms with van der Waals surface area (Å²) >= 11 is 0. The van der Waals surface area contributed by atoms with Crippen LogP contribution in [0.3, 0.4) is 0 Å². The van der Waals surface area contributed by atoms with Gasteiger partial charge in [-0.25, -0.2) is 14.8 Å². The molecule has 2 heterocycles. The Kier molecular flexibility index (Phi) is 2.77. The molecule has 0 aliphatic rings. The van der Waals surface area contributed by atoms with Crippen LogP contribution in [0.25, 0.3) is 0 Å². The van der Waals surface area contributed by atoms with Gasteiger partial charge in [-0.15, -0.1) is 0 Å². The van der Waals surface area contributed by atoms with Crippen molar-refractivity contribution in [1.82, 2.24) is 15.1 Å². The summed E-state index contributed by atoms with van der Waals surface area (Å²) in [6.07, 6.45) is 2.89. The molecule has 0 spiro atoms. The third kappa shape index (κ3) is 2.32. The van der Waals surface area contributed by atoms with Gasteiger partial charge in [0.15, 0.2) is 11.5 Å². The first-order valence-corrected chi connectivity index (χ1v) is 4.45. The number of carboxylic acid groups (broad SMARTS) is 1. The van der Waals surface area contributed by atoms with Crippen LogP contribution in [0.5, 0.6) is 0 Å². The van der Waals surface area contributed by atoms with E-state index in [0.29, 0.717) is 12.3 Å². The number of aromatic nitrogens is 3. The molecule has 0 radical (unpaired) electrons. The van der Waals surface area contributed by atoms with Crippen molar-refractivity contribution >= 4 is 11.9 Å². The fraction of sp³-hybridized carbons (Fsp3) is 0.111. The van der Waals surface area contributed by atoms with Crippen LogP contribution in [0.2, 0.25) is 0 Å². The van der Waals surface area contributed by atoms with Crippen LogP contribution in [-0.4, -0.2) is 26.2 Å². The minimum atomic E-state index is -1.09. The van der Waals surface area contributed by atoms with Crippen molar-refractivity contribution in [3.8, 4) is 0 Å². The highest BCUT2D eigenvalue weighted by atomic mass is 16.5. The maximum atomic E-state index is 10.6. The van der Waals surface area contributed by atoms with E-state index in [9.17, 15) is 4.79 Å². The van der Waals surface area contributed by atoms with Gasteiger partial charge in [0.25, 0.3) is 0 Å². The summed E-state index contributed by atoms with van der Waals surface area (Å²) in [4.78, 5) is 18.3. The molecule has 0 amide bonds. The summed E-state index contributed by atoms with van der Waals surface area (Å²) in [7, 11) is 0. The fourth-order valence-corrected chi connectivity index (χ4v) is 1.06. The first-order chi connectivity index (χ1) is 7.75. The Morgan fingerprint density at radius 1 is 1.44 bits per heavy atom. The van der Waals surface area contributed by atoms with E-state index < -0.39 is 5.97 Å². The van der Waals surface area contributed by atoms with E-state index in [-0.39, 0.29) is 11.6 Å². The van der Waals surface area contributed by atoms with Crippen molar-refractivity contribution in [3.63, 3.8) is 0 Å². The van der Waals surface area contributed by atoms with Crippen molar-refractivity contribution in [3.05, 3.63) is 36.0 Å². The summed E-state index contributed by atoms with van der Waals surface area (Å²) in [5.74, 6) is -0.245. The molecule has 0 saturated carbocycles. The van der Waals surface area contributed by atoms with Crippen LogP contribution in [0, 0.1) is 0 Å². The number of aromatic carboxylic acids is 1. The van der Waals surface area contributed by atoms with Crippen LogP contribution in [0.1, 0.15) is 16.2 Å². The predicted molar refractivity (Wildman–Crippen MR) is 52.8 cm³/mol. The molecule has 16 heavy (non-hydrogen) atoms. The van der Waals surface area contributed by atoms with Crippen LogP contribution in [0.15, 0.2) is 29.0 Å². The van der Waals surface area contributed by atoms with Crippen molar-refractivity contribution in [1.29, 1.82) is 0 Å². The van der Waals surface area contributed by atoms with Gasteiger partial charge in [0.05, 0.1) is 12.7 Å². The van der Waals surface area contributed by atoms with Crippen molar-refractivity contribution < 1.29 is 14.4 Å². The Hall–Kier alpha value is -2.44. The highest BCUT2D eigenvalue weighted by Gasteiger charge is 2.06. The van der Waals surface area contributed by atoms with Crippen molar-refractivity contribution in [2.75, 3.05) is 5.32 Å². The molecule has 7 heteroatoms. The van der Waals surface area contributed by atoms with E-state index in [1.54, 1.807) is 6.07 Å². The zero-order valence-electron chi connectivity index (χ0n) is 8.12. The normalized spacial score (nSPS) is 10.0. The van der Waals surface area contributed by atoms with Gasteiger partial charge < -0.3 is 14.9 Å². The second kappa shape index (κ2) is 4.39. The molecule has 2 rings (SSSR count). The minimum Gasteiger partial charge on any atom is -0.477 e. The number of rotatable bonds is 4. The van der Waals surface area contributed by atoms with Crippen LogP contribution in [0.4, 0.5) is 5.95 Å². The molecule has 0 unspecified atom stereocenters.